The van der Waals surface area contributed by atoms with Crippen LogP contribution in [0.4, 0.5) is 4.79 Å². The second-order valence-electron chi connectivity index (χ2n) is 2.35. The molecule has 0 bridgehead atoms. The van der Waals surface area contributed by atoms with Crippen molar-refractivity contribution in [3.8, 4) is 0 Å². The maximum Gasteiger partial charge on any atom is 0.558 e. The van der Waals surface area contributed by atoms with Gasteiger partial charge >= 0.3 is 6.16 Å². The van der Waals surface area contributed by atoms with Crippen LogP contribution in [-0.2, 0) is 0 Å². The highest BCUT2D eigenvalue weighted by Crippen LogP contribution is 2.26. The van der Waals surface area contributed by atoms with Crippen LogP contribution in [0.1, 0.15) is 0 Å². The molecular weight excluding hydrogens is 190 g/mol. The first-order chi connectivity index (χ1) is 6.27. The first-order valence-corrected chi connectivity index (χ1v) is 4.76. The molecule has 0 spiro atoms. The van der Waals surface area contributed by atoms with Crippen LogP contribution in [0, 0.1) is 0 Å². The van der Waals surface area contributed by atoms with Gasteiger partial charge in [0.05, 0.1) is 0 Å². The van der Waals surface area contributed by atoms with Gasteiger partial charge in [0.25, 0.3) is 5.51 Å². The summed E-state index contributed by atoms with van der Waals surface area (Å²) in [6.45, 7) is 0. The molecule has 1 aromatic heterocycles. The molecule has 1 aromatic carbocycles. The number of hydrogen-bond donors (Lipinski definition) is 1. The van der Waals surface area contributed by atoms with Gasteiger partial charge in [0.2, 0.25) is 15.5 Å². The zero-order chi connectivity index (χ0) is 9.26. The van der Waals surface area contributed by atoms with Gasteiger partial charge in [-0.2, -0.15) is 14.0 Å². The van der Waals surface area contributed by atoms with E-state index in [0.29, 0.717) is 0 Å². The third kappa shape index (κ3) is 1.46. The number of thiazole rings is 1. The number of fused-ring (bicyclic) bond motifs is 1. The molecule has 0 fully saturated rings. The minimum atomic E-state index is -1.27. The number of rotatable bonds is 1. The van der Waals surface area contributed by atoms with Gasteiger partial charge in [-0.3, -0.25) is 0 Å². The van der Waals surface area contributed by atoms with Gasteiger partial charge < -0.3 is 5.11 Å². The monoisotopic (exact) mass is 196 g/mol. The van der Waals surface area contributed by atoms with E-state index in [1.54, 1.807) is 0 Å². The summed E-state index contributed by atoms with van der Waals surface area (Å²) in [6, 6.07) is 7.32. The molecule has 0 amide bonds. The Hall–Kier alpha value is -1.62. The Labute approximate surface area is 76.6 Å². The van der Waals surface area contributed by atoms with Crippen molar-refractivity contribution in [3.05, 3.63) is 29.8 Å². The smallest absolute Gasteiger partial charge is 0.446 e. The van der Waals surface area contributed by atoms with Crippen molar-refractivity contribution in [1.82, 2.24) is 4.98 Å². The highest BCUT2D eigenvalue weighted by atomic mass is 32.2. The topological polar surface area (TPSA) is 59.4 Å². The van der Waals surface area contributed by atoms with Gasteiger partial charge in [-0.25, -0.2) is 0 Å². The maximum atomic E-state index is 10.3. The zero-order valence-corrected chi connectivity index (χ0v) is 7.32. The first-order valence-electron chi connectivity index (χ1n) is 3.55. The Morgan fingerprint density at radius 2 is 2.23 bits per heavy atom. The summed E-state index contributed by atoms with van der Waals surface area (Å²) in [6.07, 6.45) is -1.27. The maximum absolute atomic E-state index is 10.3. The average Bonchev–Trinajstić information content (AvgIpc) is 2.48. The Bertz CT molecular complexity index is 451. The molecule has 0 aliphatic rings. The van der Waals surface area contributed by atoms with Crippen LogP contribution in [0.3, 0.4) is 0 Å². The molecule has 4 nitrogen and oxygen atoms in total. The third-order valence-electron chi connectivity index (χ3n) is 1.53. The van der Waals surface area contributed by atoms with Crippen molar-refractivity contribution < 1.29 is 14.1 Å². The van der Waals surface area contributed by atoms with Gasteiger partial charge in [-0.05, 0) is 6.07 Å². The number of aromatic nitrogens is 1. The largest absolute Gasteiger partial charge is 0.558 e. The fourth-order valence-corrected chi connectivity index (χ4v) is 2.19. The number of para-hydroxylation sites is 1. The van der Waals surface area contributed by atoms with Gasteiger partial charge in [0, 0.05) is 6.07 Å². The van der Waals surface area contributed by atoms with Crippen molar-refractivity contribution in [2.24, 2.45) is 0 Å². The van der Waals surface area contributed by atoms with E-state index < -0.39 is 16.9 Å². The van der Waals surface area contributed by atoms with Crippen LogP contribution in [-0.4, -0.2) is 16.2 Å². The Balaban J connectivity index is 2.51. The lowest BCUT2D eigenvalue weighted by Gasteiger charge is -1.83. The summed E-state index contributed by atoms with van der Waals surface area (Å²) < 4.78 is 5.46. The zero-order valence-electron chi connectivity index (χ0n) is 6.51. The normalized spacial score (nSPS) is 11.5. The second kappa shape index (κ2) is 3.02. The Morgan fingerprint density at radius 3 is 3.00 bits per heavy atom. The molecule has 5 heteroatoms. The fraction of sp³-hybridized carbons (Fsp3) is 0. The molecule has 0 radical (unpaired) electrons. The number of nitrogens with zero attached hydrogens (tertiary/aromatic N) is 1. The quantitative estimate of drug-likeness (QED) is 0.709. The van der Waals surface area contributed by atoms with E-state index in [9.17, 15) is 4.79 Å². The van der Waals surface area contributed by atoms with E-state index in [-0.39, 0.29) is 0 Å². The number of carbonyl (C=O) groups is 1. The molecule has 13 heavy (non-hydrogen) atoms. The number of benzene rings is 1. The van der Waals surface area contributed by atoms with Crippen molar-refractivity contribution in [2.45, 2.75) is 0 Å². The molecule has 1 atom stereocenters. The molecule has 2 rings (SSSR count). The Morgan fingerprint density at radius 1 is 1.46 bits per heavy atom. The SMILES string of the molecule is O=C(O)O[s+]1cnc2ccccc21. The van der Waals surface area contributed by atoms with Gasteiger partial charge in [-0.1, -0.05) is 12.1 Å². The van der Waals surface area contributed by atoms with E-state index in [1.807, 2.05) is 24.3 Å². The van der Waals surface area contributed by atoms with E-state index in [4.69, 9.17) is 5.11 Å². The number of carboxylic acid groups (broad SMARTS) is 1. The number of hydrogen-bond acceptors (Lipinski definition) is 3. The molecule has 1 unspecified atom stereocenters. The molecule has 0 aliphatic heterocycles. The van der Waals surface area contributed by atoms with Crippen molar-refractivity contribution in [2.75, 3.05) is 0 Å². The lowest BCUT2D eigenvalue weighted by atomic mass is 10.3. The highest BCUT2D eigenvalue weighted by Gasteiger charge is 2.18. The minimum absolute atomic E-state index is 0.784. The second-order valence-corrected chi connectivity index (χ2v) is 3.76. The summed E-state index contributed by atoms with van der Waals surface area (Å²) >= 11 is 0. The molecular formula is C8H6NO3S+. The molecule has 0 saturated carbocycles. The molecule has 0 aliphatic carbocycles. The molecule has 66 valence electrons. The van der Waals surface area contributed by atoms with E-state index in [2.05, 4.69) is 9.17 Å². The molecule has 1 heterocycles. The fourth-order valence-electron chi connectivity index (χ4n) is 1.04. The predicted octanol–water partition coefficient (Wildman–Crippen LogP) is 2.09. The van der Waals surface area contributed by atoms with Crippen LogP contribution in [0.15, 0.2) is 29.8 Å². The summed E-state index contributed by atoms with van der Waals surface area (Å²) in [4.78, 5) is 14.3. The molecule has 2 aromatic rings. The lowest BCUT2D eigenvalue weighted by molar-refractivity contribution is 0.161. The Kier molecular flexibility index (Phi) is 1.86. The van der Waals surface area contributed by atoms with Crippen LogP contribution in [0.25, 0.3) is 10.2 Å². The van der Waals surface area contributed by atoms with E-state index >= 15 is 0 Å². The lowest BCUT2D eigenvalue weighted by Crippen LogP contribution is -2.01. The molecule has 1 N–H and O–H groups in total. The van der Waals surface area contributed by atoms with Gasteiger partial charge in [-0.15, -0.1) is 0 Å². The summed E-state index contributed by atoms with van der Waals surface area (Å²) in [5.41, 5.74) is 2.30. The summed E-state index contributed by atoms with van der Waals surface area (Å²) in [5, 5.41) is 8.42. The summed E-state index contributed by atoms with van der Waals surface area (Å²) in [5.74, 6) is 0. The highest BCUT2D eigenvalue weighted by molar-refractivity contribution is 7.31. The van der Waals surface area contributed by atoms with E-state index in [0.717, 1.165) is 10.2 Å². The third-order valence-corrected chi connectivity index (χ3v) is 2.93. The minimum Gasteiger partial charge on any atom is -0.446 e. The van der Waals surface area contributed by atoms with Crippen molar-refractivity contribution in [3.63, 3.8) is 0 Å². The van der Waals surface area contributed by atoms with Crippen LogP contribution < -0.4 is 4.18 Å². The van der Waals surface area contributed by atoms with Crippen LogP contribution >= 0.6 is 10.8 Å². The average molecular weight is 196 g/mol. The van der Waals surface area contributed by atoms with Crippen molar-refractivity contribution in [1.29, 1.82) is 0 Å². The standard InChI is InChI=1S/C8H5NO3S/c10-8(11)12-13-5-9-6-3-1-2-4-7(6)13/h1-5H/p+1. The molecule has 0 saturated heterocycles. The van der Waals surface area contributed by atoms with Crippen molar-refractivity contribution >= 4 is 27.1 Å². The van der Waals surface area contributed by atoms with Gasteiger partial charge in [0.15, 0.2) is 0 Å². The van der Waals surface area contributed by atoms with Crippen LogP contribution in [0.2, 0.25) is 0 Å². The van der Waals surface area contributed by atoms with Crippen LogP contribution in [0.5, 0.6) is 0 Å². The predicted molar refractivity (Wildman–Crippen MR) is 48.8 cm³/mol. The summed E-state index contributed by atoms with van der Waals surface area (Å²) in [7, 11) is -0.824. The van der Waals surface area contributed by atoms with E-state index in [1.165, 1.54) is 5.51 Å². The first kappa shape index (κ1) is 8.00. The van der Waals surface area contributed by atoms with Gasteiger partial charge in [0.1, 0.15) is 5.52 Å².